The summed E-state index contributed by atoms with van der Waals surface area (Å²) in [6.07, 6.45) is 23.5. The molecule has 560 valence electrons. The zero-order valence-corrected chi connectivity index (χ0v) is 60.6. The van der Waals surface area contributed by atoms with Gasteiger partial charge in [0.2, 0.25) is 0 Å². The molecule has 10 N–H and O–H groups in total. The van der Waals surface area contributed by atoms with Gasteiger partial charge in [0, 0.05) is 85.1 Å². The minimum absolute atomic E-state index is 0.0242. The molecule has 5 aromatic carbocycles. The third-order valence-electron chi connectivity index (χ3n) is 18.3. The van der Waals surface area contributed by atoms with Crippen molar-refractivity contribution >= 4 is 106 Å². The second-order valence-corrected chi connectivity index (χ2v) is 31.5. The number of benzene rings is 5. The van der Waals surface area contributed by atoms with Gasteiger partial charge in [-0.25, -0.2) is 24.0 Å². The minimum Gasteiger partial charge on any atom is -0.422 e. The van der Waals surface area contributed by atoms with Gasteiger partial charge in [-0.1, -0.05) is 38.5 Å². The van der Waals surface area contributed by atoms with Crippen molar-refractivity contribution in [2.45, 2.75) is 161 Å². The highest BCUT2D eigenvalue weighted by Crippen LogP contribution is 2.35. The standard InChI is InChI=1S/C16H19NO5S.C15H17NO5S.C14H15NO5S.C13H13NO5S.C12H11NO5S/c17-23(19,20)22-11-8-9-13-12-6-4-2-1-3-5-7-14(12)16(18)21-15(13)10-11;16-22(18,19)21-10-7-8-12-11-5-3-1-2-4-6-13(11)15(17)20-14(12)9-10;15-21(17,18)20-9-6-7-11-10-4-2-1-3-5-12(10)14(16)19-13(11)8-9;14-20(16,17)19-8-5-6-10-9-3-1-2-4-11(9)13(15)18-12(10)7-8;13-19(15,16)18-7-4-5-9-8-2-1-3-10(8)12(14)17-11(9)6-7/h8-10H,1-7H2,(H2,17,19,20);7-9H,1-6H2,(H2,16,18,19);6-8H,1-5H2,(H2,15,17,18);5-7H,1-4H2,(H2,14,16,17);4-6H,1-3H2,(H2,13,15,16). The van der Waals surface area contributed by atoms with Gasteiger partial charge in [-0.15, -0.1) is 0 Å². The summed E-state index contributed by atoms with van der Waals surface area (Å²) < 4.78 is 159. The predicted octanol–water partition coefficient (Wildman–Crippen LogP) is 8.22. The van der Waals surface area contributed by atoms with E-state index in [0.717, 1.165) is 231 Å². The van der Waals surface area contributed by atoms with Crippen LogP contribution in [-0.4, -0.2) is 42.1 Å². The molecule has 0 fully saturated rings. The average Bonchev–Trinajstić information content (AvgIpc) is 1.67. The van der Waals surface area contributed by atoms with Gasteiger partial charge >= 0.3 is 79.6 Å². The quantitative estimate of drug-likeness (QED) is 0.0635. The number of fused-ring (bicyclic) bond motifs is 15. The zero-order valence-electron chi connectivity index (χ0n) is 56.5. The van der Waals surface area contributed by atoms with E-state index in [2.05, 4.69) is 20.9 Å². The summed E-state index contributed by atoms with van der Waals surface area (Å²) in [6.45, 7) is 0. The Morgan fingerprint density at radius 2 is 0.371 bits per heavy atom. The predicted molar refractivity (Wildman–Crippen MR) is 387 cm³/mol. The Labute approximate surface area is 601 Å². The van der Waals surface area contributed by atoms with Crippen LogP contribution in [0.3, 0.4) is 0 Å². The van der Waals surface area contributed by atoms with Crippen LogP contribution >= 0.6 is 0 Å². The molecular weight excluding hydrogens is 1470 g/mol. The van der Waals surface area contributed by atoms with E-state index in [1.165, 1.54) is 67.1 Å². The minimum atomic E-state index is -4.11. The topological polar surface area (TPSA) is 498 Å². The first kappa shape index (κ1) is 76.8. The third-order valence-corrected chi connectivity index (χ3v) is 20.4. The van der Waals surface area contributed by atoms with Crippen LogP contribution < -0.4 is 74.7 Å². The molecule has 0 bridgehead atoms. The molecule has 10 aromatic rings. The molecule has 30 nitrogen and oxygen atoms in total. The summed E-state index contributed by atoms with van der Waals surface area (Å²) in [5.74, 6) is 0.145. The van der Waals surface area contributed by atoms with Crippen molar-refractivity contribution in [3.8, 4) is 28.7 Å². The van der Waals surface area contributed by atoms with Gasteiger partial charge in [0.25, 0.3) is 0 Å². The highest BCUT2D eigenvalue weighted by Gasteiger charge is 2.25. The fourth-order valence-corrected chi connectivity index (χ4v) is 15.8. The number of nitrogens with two attached hydrogens (primary N) is 5. The van der Waals surface area contributed by atoms with Crippen LogP contribution in [0.5, 0.6) is 28.7 Å². The summed E-state index contributed by atoms with van der Waals surface area (Å²) in [6, 6.07) is 23.0. The number of hydrogen-bond donors (Lipinski definition) is 5. The van der Waals surface area contributed by atoms with E-state index in [-0.39, 0.29) is 56.9 Å². The van der Waals surface area contributed by atoms with E-state index in [1.807, 2.05) is 0 Å². The Bertz CT molecular complexity index is 5950. The maximum atomic E-state index is 12.3. The Hall–Kier alpha value is -9.30. The number of rotatable bonds is 10. The third kappa shape index (κ3) is 20.2. The fraction of sp³-hybridized carbons (Fsp3) is 0.357. The van der Waals surface area contributed by atoms with Crippen molar-refractivity contribution < 1.29 is 85.1 Å². The summed E-state index contributed by atoms with van der Waals surface area (Å²) in [7, 11) is -20.5. The van der Waals surface area contributed by atoms with Crippen LogP contribution in [0.25, 0.3) is 54.8 Å². The van der Waals surface area contributed by atoms with Crippen LogP contribution in [0, 0.1) is 0 Å². The lowest BCUT2D eigenvalue weighted by atomic mass is 9.91. The Kier molecular flexibility index (Phi) is 23.6. The molecule has 5 aliphatic rings. The van der Waals surface area contributed by atoms with Gasteiger partial charge in [0.1, 0.15) is 56.7 Å². The smallest absolute Gasteiger partial charge is 0.380 e. The largest absolute Gasteiger partial charge is 0.422 e. The zero-order chi connectivity index (χ0) is 75.2. The summed E-state index contributed by atoms with van der Waals surface area (Å²) in [5.41, 5.74) is 8.49. The van der Waals surface area contributed by atoms with Gasteiger partial charge < -0.3 is 43.0 Å². The first-order valence-electron chi connectivity index (χ1n) is 33.7. The second-order valence-electron chi connectivity index (χ2n) is 25.7. The summed E-state index contributed by atoms with van der Waals surface area (Å²) >= 11 is 0. The molecule has 5 aromatic heterocycles. The van der Waals surface area contributed by atoms with Crippen LogP contribution in [0.4, 0.5) is 0 Å². The first-order chi connectivity index (χ1) is 49.7. The molecule has 0 amide bonds. The molecular formula is C70H75N5O25S5. The number of hydrogen-bond acceptors (Lipinski definition) is 25. The molecule has 0 saturated heterocycles. The van der Waals surface area contributed by atoms with Crippen LogP contribution in [-0.2, 0) is 116 Å². The van der Waals surface area contributed by atoms with Gasteiger partial charge in [0.05, 0.1) is 0 Å². The molecule has 0 unspecified atom stereocenters. The lowest BCUT2D eigenvalue weighted by Gasteiger charge is -2.16. The van der Waals surface area contributed by atoms with Crippen molar-refractivity contribution in [3.63, 3.8) is 0 Å². The molecule has 15 rings (SSSR count). The molecule has 0 aliphatic heterocycles. The molecule has 105 heavy (non-hydrogen) atoms. The lowest BCUT2D eigenvalue weighted by molar-refractivity contribution is 0.484. The molecule has 0 atom stereocenters. The van der Waals surface area contributed by atoms with Crippen molar-refractivity contribution in [1.82, 2.24) is 0 Å². The molecule has 5 aliphatic carbocycles. The molecule has 5 heterocycles. The van der Waals surface area contributed by atoms with Crippen molar-refractivity contribution in [2.24, 2.45) is 25.7 Å². The maximum absolute atomic E-state index is 12.3. The average molecular weight is 1550 g/mol. The van der Waals surface area contributed by atoms with E-state index in [9.17, 15) is 66.1 Å². The van der Waals surface area contributed by atoms with E-state index in [4.69, 9.17) is 47.8 Å². The molecule has 0 saturated carbocycles. The SMILES string of the molecule is NS(=O)(=O)Oc1ccc2c3c(c(=O)oc2c1)CCC3.NS(=O)(=O)Oc1ccc2c3c(c(=O)oc2c1)CCCC3.NS(=O)(=O)Oc1ccc2c3c(c(=O)oc2c1)CCCCC3.NS(=O)(=O)Oc1ccc2c3c(c(=O)oc2c1)CCCCCC3.NS(=O)(=O)Oc1ccc2c3c(c(=O)oc2c1)CCCCCCC3. The van der Waals surface area contributed by atoms with Crippen molar-refractivity contribution in [1.29, 1.82) is 0 Å². The van der Waals surface area contributed by atoms with E-state index < -0.39 is 51.5 Å². The van der Waals surface area contributed by atoms with E-state index >= 15 is 0 Å². The van der Waals surface area contributed by atoms with Crippen LogP contribution in [0.2, 0.25) is 0 Å². The van der Waals surface area contributed by atoms with Gasteiger partial charge in [-0.3, -0.25) is 0 Å². The highest BCUT2D eigenvalue weighted by molar-refractivity contribution is 7.85. The molecule has 35 heteroatoms. The van der Waals surface area contributed by atoms with Crippen LogP contribution in [0.15, 0.2) is 137 Å². The van der Waals surface area contributed by atoms with Crippen molar-refractivity contribution in [3.05, 3.63) is 199 Å². The Morgan fingerprint density at radius 1 is 0.219 bits per heavy atom. The normalized spacial score (nSPS) is 15.5. The summed E-state index contributed by atoms with van der Waals surface area (Å²) in [4.78, 5) is 60.3. The van der Waals surface area contributed by atoms with Crippen LogP contribution in [0.1, 0.15) is 152 Å². The summed E-state index contributed by atoms with van der Waals surface area (Å²) in [5, 5.41) is 28.3. The maximum Gasteiger partial charge on any atom is 0.380 e. The monoisotopic (exact) mass is 1550 g/mol. The Balaban J connectivity index is 0.000000131. The molecule has 0 radical (unpaired) electrons. The van der Waals surface area contributed by atoms with E-state index in [1.54, 1.807) is 30.3 Å². The van der Waals surface area contributed by atoms with E-state index in [0.29, 0.717) is 33.5 Å². The fourth-order valence-electron chi connectivity index (χ4n) is 14.0. The van der Waals surface area contributed by atoms with Gasteiger partial charge in [-0.2, -0.15) is 67.8 Å². The first-order valence-corrected chi connectivity index (χ1v) is 41.1. The highest BCUT2D eigenvalue weighted by atomic mass is 32.3. The second kappa shape index (κ2) is 32.2. The molecule has 0 spiro atoms. The lowest BCUT2D eigenvalue weighted by Crippen LogP contribution is -2.19. The van der Waals surface area contributed by atoms with Gasteiger partial charge in [0.15, 0.2) is 0 Å². The van der Waals surface area contributed by atoms with Gasteiger partial charge in [-0.05, 0) is 210 Å². The van der Waals surface area contributed by atoms with Crippen molar-refractivity contribution in [2.75, 3.05) is 0 Å². The Morgan fingerprint density at radius 3 is 0.571 bits per heavy atom. The number of aryl methyl sites for hydroxylation is 5.